The van der Waals surface area contributed by atoms with Crippen molar-refractivity contribution in [1.82, 2.24) is 5.32 Å². The van der Waals surface area contributed by atoms with E-state index in [1.165, 1.54) is 0 Å². The smallest absolute Gasteiger partial charge is 0.235 e. The van der Waals surface area contributed by atoms with Crippen LogP contribution in [-0.2, 0) is 11.3 Å². The molecule has 0 saturated heterocycles. The van der Waals surface area contributed by atoms with Gasteiger partial charge in [-0.3, -0.25) is 4.79 Å². The number of carbonyl (C=O) groups is 1. The molecule has 2 rings (SSSR count). The highest BCUT2D eigenvalue weighted by molar-refractivity contribution is 6.32. The molecule has 0 unspecified atom stereocenters. The fraction of sp³-hybridized carbons (Fsp3) is 0.364. The first-order chi connectivity index (χ1) is 8.20. The second-order valence-electron chi connectivity index (χ2n) is 3.51. The molecule has 0 aromatic heterocycles. The van der Waals surface area contributed by atoms with Crippen LogP contribution in [0.5, 0.6) is 11.5 Å². The molecule has 1 aliphatic heterocycles. The van der Waals surface area contributed by atoms with E-state index >= 15 is 0 Å². The molecule has 92 valence electrons. The molecule has 4 nitrogen and oxygen atoms in total. The molecular formula is C11H11Cl2NO3. The Morgan fingerprint density at radius 1 is 1.35 bits per heavy atom. The topological polar surface area (TPSA) is 47.6 Å². The molecule has 0 fully saturated rings. The molecule has 0 saturated carbocycles. The summed E-state index contributed by atoms with van der Waals surface area (Å²) in [4.78, 5) is 11.0. The lowest BCUT2D eigenvalue weighted by molar-refractivity contribution is -0.118. The van der Waals surface area contributed by atoms with Crippen molar-refractivity contribution in [3.63, 3.8) is 0 Å². The van der Waals surface area contributed by atoms with E-state index in [0.717, 1.165) is 5.56 Å². The first kappa shape index (κ1) is 12.3. The predicted octanol–water partition coefficient (Wildman–Crippen LogP) is 1.97. The van der Waals surface area contributed by atoms with Crippen LogP contribution in [0.1, 0.15) is 5.56 Å². The van der Waals surface area contributed by atoms with Gasteiger partial charge in [-0.1, -0.05) is 11.6 Å². The fourth-order valence-electron chi connectivity index (χ4n) is 1.51. The van der Waals surface area contributed by atoms with Crippen LogP contribution in [0.4, 0.5) is 0 Å². The van der Waals surface area contributed by atoms with Crippen LogP contribution >= 0.6 is 23.2 Å². The number of rotatable bonds is 3. The molecule has 1 aromatic carbocycles. The van der Waals surface area contributed by atoms with E-state index in [1.807, 2.05) is 0 Å². The Kier molecular flexibility index (Phi) is 3.97. The zero-order valence-electron chi connectivity index (χ0n) is 8.96. The minimum Gasteiger partial charge on any atom is -0.486 e. The molecule has 1 amide bonds. The molecule has 6 heteroatoms. The SMILES string of the molecule is O=C(CCl)NCc1cc(Cl)c2c(c1)OCCO2. The third kappa shape index (κ3) is 2.96. The molecule has 1 heterocycles. The Bertz CT molecular complexity index is 437. The summed E-state index contributed by atoms with van der Waals surface area (Å²) in [5.74, 6) is 0.889. The Balaban J connectivity index is 2.13. The number of benzene rings is 1. The van der Waals surface area contributed by atoms with Crippen molar-refractivity contribution in [1.29, 1.82) is 0 Å². The molecule has 0 bridgehead atoms. The van der Waals surface area contributed by atoms with Crippen LogP contribution in [0.2, 0.25) is 5.02 Å². The van der Waals surface area contributed by atoms with Crippen LogP contribution < -0.4 is 14.8 Å². The van der Waals surface area contributed by atoms with Crippen LogP contribution in [0, 0.1) is 0 Å². The number of halogens is 2. The fourth-order valence-corrected chi connectivity index (χ4v) is 1.90. The van der Waals surface area contributed by atoms with Gasteiger partial charge in [0.15, 0.2) is 11.5 Å². The summed E-state index contributed by atoms with van der Waals surface area (Å²) in [5, 5.41) is 3.14. The second-order valence-corrected chi connectivity index (χ2v) is 4.19. The first-order valence-corrected chi connectivity index (χ1v) is 6.02. The Hall–Kier alpha value is -1.13. The zero-order valence-corrected chi connectivity index (χ0v) is 10.5. The highest BCUT2D eigenvalue weighted by Crippen LogP contribution is 2.38. The summed E-state index contributed by atoms with van der Waals surface area (Å²) in [6, 6.07) is 3.54. The maximum Gasteiger partial charge on any atom is 0.235 e. The quantitative estimate of drug-likeness (QED) is 0.858. The van der Waals surface area contributed by atoms with Gasteiger partial charge in [-0.15, -0.1) is 11.6 Å². The number of hydrogen-bond donors (Lipinski definition) is 1. The minimum absolute atomic E-state index is 0.0573. The molecule has 1 aromatic rings. The van der Waals surface area contributed by atoms with Crippen molar-refractivity contribution in [2.45, 2.75) is 6.54 Å². The van der Waals surface area contributed by atoms with Gasteiger partial charge in [0, 0.05) is 6.54 Å². The van der Waals surface area contributed by atoms with Crippen LogP contribution in [0.15, 0.2) is 12.1 Å². The second kappa shape index (κ2) is 5.47. The zero-order chi connectivity index (χ0) is 12.3. The van der Waals surface area contributed by atoms with Gasteiger partial charge in [-0.25, -0.2) is 0 Å². The van der Waals surface area contributed by atoms with E-state index < -0.39 is 0 Å². The maximum atomic E-state index is 11.0. The summed E-state index contributed by atoms with van der Waals surface area (Å²) in [6.45, 7) is 1.36. The van der Waals surface area contributed by atoms with Gasteiger partial charge in [0.1, 0.15) is 19.1 Å². The van der Waals surface area contributed by atoms with Gasteiger partial charge in [0.25, 0.3) is 0 Å². The van der Waals surface area contributed by atoms with Gasteiger partial charge in [-0.2, -0.15) is 0 Å². The van der Waals surface area contributed by atoms with E-state index in [1.54, 1.807) is 12.1 Å². The third-order valence-corrected chi connectivity index (χ3v) is 2.79. The average molecular weight is 276 g/mol. The van der Waals surface area contributed by atoms with Crippen molar-refractivity contribution in [2.24, 2.45) is 0 Å². The standard InChI is InChI=1S/C11H11Cl2NO3/c12-5-10(15)14-6-7-3-8(13)11-9(4-7)16-1-2-17-11/h3-4H,1-2,5-6H2,(H,14,15). The van der Waals surface area contributed by atoms with Gasteiger partial charge in [0.05, 0.1) is 5.02 Å². The third-order valence-electron chi connectivity index (χ3n) is 2.27. The van der Waals surface area contributed by atoms with Crippen molar-refractivity contribution in [3.8, 4) is 11.5 Å². The van der Waals surface area contributed by atoms with Crippen molar-refractivity contribution >= 4 is 29.1 Å². The van der Waals surface area contributed by atoms with Crippen molar-refractivity contribution in [3.05, 3.63) is 22.7 Å². The Morgan fingerprint density at radius 3 is 2.88 bits per heavy atom. The predicted molar refractivity (Wildman–Crippen MR) is 65.0 cm³/mol. The van der Waals surface area contributed by atoms with Gasteiger partial charge < -0.3 is 14.8 Å². The highest BCUT2D eigenvalue weighted by Gasteiger charge is 2.16. The lowest BCUT2D eigenvalue weighted by atomic mass is 10.2. The summed E-state index contributed by atoms with van der Waals surface area (Å²) in [5.41, 5.74) is 0.845. The minimum atomic E-state index is -0.224. The molecule has 0 radical (unpaired) electrons. The highest BCUT2D eigenvalue weighted by atomic mass is 35.5. The number of amides is 1. The molecule has 17 heavy (non-hydrogen) atoms. The summed E-state index contributed by atoms with van der Waals surface area (Å²) in [6.07, 6.45) is 0. The first-order valence-electron chi connectivity index (χ1n) is 5.11. The molecule has 0 aliphatic carbocycles. The van der Waals surface area contributed by atoms with Gasteiger partial charge in [-0.05, 0) is 17.7 Å². The Labute approximate surface area is 109 Å². The number of hydrogen-bond acceptors (Lipinski definition) is 3. The average Bonchev–Trinajstić information content (AvgIpc) is 2.36. The van der Waals surface area contributed by atoms with Crippen molar-refractivity contribution in [2.75, 3.05) is 19.1 Å². The lowest BCUT2D eigenvalue weighted by Gasteiger charge is -2.20. The van der Waals surface area contributed by atoms with Crippen LogP contribution in [-0.4, -0.2) is 25.0 Å². The normalized spacial score (nSPS) is 13.3. The monoisotopic (exact) mass is 275 g/mol. The number of ether oxygens (including phenoxy) is 2. The molecular weight excluding hydrogens is 265 g/mol. The van der Waals surface area contributed by atoms with Gasteiger partial charge in [0.2, 0.25) is 5.91 Å². The Morgan fingerprint density at radius 2 is 2.12 bits per heavy atom. The van der Waals surface area contributed by atoms with E-state index in [-0.39, 0.29) is 11.8 Å². The molecule has 0 atom stereocenters. The largest absolute Gasteiger partial charge is 0.486 e. The van der Waals surface area contributed by atoms with E-state index in [0.29, 0.717) is 36.3 Å². The molecule has 0 spiro atoms. The summed E-state index contributed by atoms with van der Waals surface area (Å²) >= 11 is 11.4. The van der Waals surface area contributed by atoms with E-state index in [2.05, 4.69) is 5.32 Å². The summed E-state index contributed by atoms with van der Waals surface area (Å²) in [7, 11) is 0. The van der Waals surface area contributed by atoms with E-state index in [4.69, 9.17) is 32.7 Å². The van der Waals surface area contributed by atoms with Crippen LogP contribution in [0.3, 0.4) is 0 Å². The van der Waals surface area contributed by atoms with Crippen molar-refractivity contribution < 1.29 is 14.3 Å². The van der Waals surface area contributed by atoms with E-state index in [9.17, 15) is 4.79 Å². The molecule has 1 N–H and O–H groups in total. The number of nitrogens with one attached hydrogen (secondary N) is 1. The summed E-state index contributed by atoms with van der Waals surface area (Å²) < 4.78 is 10.8. The number of alkyl halides is 1. The van der Waals surface area contributed by atoms with Crippen LogP contribution in [0.25, 0.3) is 0 Å². The number of fused-ring (bicyclic) bond motifs is 1. The number of carbonyl (C=O) groups excluding carboxylic acids is 1. The van der Waals surface area contributed by atoms with Gasteiger partial charge >= 0.3 is 0 Å². The molecule has 1 aliphatic rings. The lowest BCUT2D eigenvalue weighted by Crippen LogP contribution is -2.24. The maximum absolute atomic E-state index is 11.0.